The van der Waals surface area contributed by atoms with Gasteiger partial charge in [-0.1, -0.05) is 23.1 Å². The number of hydrogen-bond acceptors (Lipinski definition) is 6. The number of carbonyl (C=O) groups is 1. The van der Waals surface area contributed by atoms with Crippen molar-refractivity contribution in [3.05, 3.63) is 5.01 Å². The van der Waals surface area contributed by atoms with Gasteiger partial charge in [-0.15, -0.1) is 10.2 Å². The Kier molecular flexibility index (Phi) is 5.04. The van der Waals surface area contributed by atoms with Gasteiger partial charge in [0.05, 0.1) is 5.54 Å². The number of hydrogen-bond donors (Lipinski definition) is 2. The van der Waals surface area contributed by atoms with Crippen molar-refractivity contribution in [1.29, 1.82) is 0 Å². The van der Waals surface area contributed by atoms with Gasteiger partial charge in [-0.3, -0.25) is 4.79 Å². The van der Waals surface area contributed by atoms with Crippen molar-refractivity contribution >= 4 is 29.0 Å². The van der Waals surface area contributed by atoms with E-state index in [1.54, 1.807) is 23.1 Å². The zero-order chi connectivity index (χ0) is 14.8. The largest absolute Gasteiger partial charge is 0.368 e. The van der Waals surface area contributed by atoms with Crippen LogP contribution in [-0.4, -0.2) is 32.9 Å². The minimum absolute atomic E-state index is 0.232. The Morgan fingerprint density at radius 1 is 1.55 bits per heavy atom. The molecule has 0 aromatic carbocycles. The average Bonchev–Trinajstić information content (AvgIpc) is 2.74. The molecule has 0 radical (unpaired) electrons. The first-order valence-electron chi connectivity index (χ1n) is 6.96. The molecule has 2 unspecified atom stereocenters. The molecule has 0 aliphatic heterocycles. The molecule has 1 aromatic rings. The zero-order valence-electron chi connectivity index (χ0n) is 12.2. The predicted molar refractivity (Wildman–Crippen MR) is 83.0 cm³/mol. The summed E-state index contributed by atoms with van der Waals surface area (Å²) in [6.07, 6.45) is 3.70. The number of nitrogens with one attached hydrogen (secondary N) is 1. The third-order valence-corrected chi connectivity index (χ3v) is 5.71. The standard InChI is InChI=1S/C13H22N4OS2/c1-8(2)15-13(11(14)18)6-4-5-10(7-13)20-12-17-16-9(3)19-12/h8,10,15H,4-7H2,1-3H3,(H2,14,18). The molecule has 2 atom stereocenters. The van der Waals surface area contributed by atoms with Crippen molar-refractivity contribution in [2.45, 2.75) is 67.6 Å². The molecular formula is C13H22N4OS2. The summed E-state index contributed by atoms with van der Waals surface area (Å²) < 4.78 is 0.984. The van der Waals surface area contributed by atoms with Crippen molar-refractivity contribution in [1.82, 2.24) is 15.5 Å². The SMILES string of the molecule is Cc1nnc(SC2CCCC(NC(C)C)(C(N)=O)C2)s1. The highest BCUT2D eigenvalue weighted by Gasteiger charge is 2.42. The molecule has 1 fully saturated rings. The first-order valence-corrected chi connectivity index (χ1v) is 8.65. The third-order valence-electron chi connectivity index (χ3n) is 3.52. The summed E-state index contributed by atoms with van der Waals surface area (Å²) in [5, 5.41) is 12.9. The maximum absolute atomic E-state index is 11.9. The number of nitrogens with zero attached hydrogens (tertiary/aromatic N) is 2. The summed E-state index contributed by atoms with van der Waals surface area (Å²) in [4.78, 5) is 11.9. The summed E-state index contributed by atoms with van der Waals surface area (Å²) in [6, 6.07) is 0.245. The van der Waals surface area contributed by atoms with Crippen LogP contribution in [0.25, 0.3) is 0 Å². The van der Waals surface area contributed by atoms with Crippen molar-refractivity contribution in [2.75, 3.05) is 0 Å². The first kappa shape index (κ1) is 15.7. The molecule has 1 heterocycles. The number of aromatic nitrogens is 2. The van der Waals surface area contributed by atoms with Gasteiger partial charge in [0.1, 0.15) is 5.01 Å². The Bertz CT molecular complexity index is 477. The normalized spacial score (nSPS) is 26.9. The van der Waals surface area contributed by atoms with Crippen molar-refractivity contribution in [3.63, 3.8) is 0 Å². The number of amides is 1. The van der Waals surface area contributed by atoms with Crippen LogP contribution in [0.15, 0.2) is 4.34 Å². The summed E-state index contributed by atoms with van der Waals surface area (Å²) in [7, 11) is 0. The van der Waals surface area contributed by atoms with Gasteiger partial charge in [0, 0.05) is 11.3 Å². The Morgan fingerprint density at radius 3 is 2.85 bits per heavy atom. The smallest absolute Gasteiger partial charge is 0.237 e. The van der Waals surface area contributed by atoms with Crippen LogP contribution in [0, 0.1) is 6.92 Å². The van der Waals surface area contributed by atoms with Gasteiger partial charge in [0.2, 0.25) is 5.91 Å². The molecule has 0 bridgehead atoms. The van der Waals surface area contributed by atoms with Crippen LogP contribution >= 0.6 is 23.1 Å². The molecule has 5 nitrogen and oxygen atoms in total. The predicted octanol–water partition coefficient (Wildman–Crippen LogP) is 2.10. The number of rotatable bonds is 5. The van der Waals surface area contributed by atoms with Crippen LogP contribution in [0.4, 0.5) is 0 Å². The van der Waals surface area contributed by atoms with E-state index < -0.39 is 5.54 Å². The van der Waals surface area contributed by atoms with Gasteiger partial charge >= 0.3 is 0 Å². The van der Waals surface area contributed by atoms with E-state index in [0.717, 1.165) is 35.0 Å². The summed E-state index contributed by atoms with van der Waals surface area (Å²) in [5.41, 5.74) is 5.11. The van der Waals surface area contributed by atoms with E-state index in [1.807, 2.05) is 6.92 Å². The fraction of sp³-hybridized carbons (Fsp3) is 0.769. The Balaban J connectivity index is 2.07. The molecule has 1 saturated carbocycles. The lowest BCUT2D eigenvalue weighted by molar-refractivity contribution is -0.126. The minimum atomic E-state index is -0.566. The summed E-state index contributed by atoms with van der Waals surface area (Å²) in [6.45, 7) is 6.06. The van der Waals surface area contributed by atoms with E-state index in [1.165, 1.54) is 0 Å². The lowest BCUT2D eigenvalue weighted by atomic mass is 9.80. The molecular weight excluding hydrogens is 292 g/mol. The highest BCUT2D eigenvalue weighted by Crippen LogP contribution is 2.39. The highest BCUT2D eigenvalue weighted by atomic mass is 32.2. The molecule has 1 aliphatic rings. The van der Waals surface area contributed by atoms with Crippen LogP contribution < -0.4 is 11.1 Å². The van der Waals surface area contributed by atoms with Crippen LogP contribution in [0.5, 0.6) is 0 Å². The zero-order valence-corrected chi connectivity index (χ0v) is 13.8. The number of nitrogens with two attached hydrogens (primary N) is 1. The van der Waals surface area contributed by atoms with Crippen molar-refractivity contribution in [3.8, 4) is 0 Å². The lowest BCUT2D eigenvalue weighted by Crippen LogP contribution is -2.60. The van der Waals surface area contributed by atoms with Crippen LogP contribution in [0.3, 0.4) is 0 Å². The van der Waals surface area contributed by atoms with Gasteiger partial charge in [-0.05, 0) is 46.5 Å². The quantitative estimate of drug-likeness (QED) is 0.870. The molecule has 0 saturated heterocycles. The Labute approximate surface area is 128 Å². The van der Waals surface area contributed by atoms with Crippen molar-refractivity contribution < 1.29 is 4.79 Å². The molecule has 0 spiro atoms. The molecule has 3 N–H and O–H groups in total. The van der Waals surface area contributed by atoms with Gasteiger partial charge in [-0.25, -0.2) is 0 Å². The second-order valence-electron chi connectivity index (χ2n) is 5.67. The second kappa shape index (κ2) is 6.41. The maximum Gasteiger partial charge on any atom is 0.237 e. The number of carbonyl (C=O) groups excluding carboxylic acids is 1. The first-order chi connectivity index (χ1) is 9.41. The van der Waals surface area contributed by atoms with Gasteiger partial charge in [0.25, 0.3) is 0 Å². The van der Waals surface area contributed by atoms with Gasteiger partial charge < -0.3 is 11.1 Å². The second-order valence-corrected chi connectivity index (χ2v) is 8.40. The van der Waals surface area contributed by atoms with Crippen LogP contribution in [-0.2, 0) is 4.79 Å². The molecule has 1 aliphatic carbocycles. The van der Waals surface area contributed by atoms with E-state index in [-0.39, 0.29) is 11.9 Å². The van der Waals surface area contributed by atoms with E-state index in [2.05, 4.69) is 29.4 Å². The molecule has 7 heteroatoms. The highest BCUT2D eigenvalue weighted by molar-refractivity contribution is 8.01. The maximum atomic E-state index is 11.9. The van der Waals surface area contributed by atoms with Gasteiger partial charge in [-0.2, -0.15) is 0 Å². The van der Waals surface area contributed by atoms with E-state index >= 15 is 0 Å². The van der Waals surface area contributed by atoms with Crippen molar-refractivity contribution in [2.24, 2.45) is 5.73 Å². The Hall–Kier alpha value is -0.660. The van der Waals surface area contributed by atoms with E-state index in [0.29, 0.717) is 5.25 Å². The summed E-state index contributed by atoms with van der Waals surface area (Å²) in [5.74, 6) is -0.232. The average molecular weight is 314 g/mol. The monoisotopic (exact) mass is 314 g/mol. The molecule has 20 heavy (non-hydrogen) atoms. The summed E-state index contributed by atoms with van der Waals surface area (Å²) >= 11 is 3.34. The fourth-order valence-corrected chi connectivity index (χ4v) is 5.18. The van der Waals surface area contributed by atoms with Crippen LogP contribution in [0.1, 0.15) is 44.5 Å². The molecule has 112 valence electrons. The minimum Gasteiger partial charge on any atom is -0.368 e. The molecule has 1 amide bonds. The lowest BCUT2D eigenvalue weighted by Gasteiger charge is -2.40. The molecule has 2 rings (SSSR count). The topological polar surface area (TPSA) is 80.9 Å². The number of thioether (sulfide) groups is 1. The van der Waals surface area contributed by atoms with Gasteiger partial charge in [0.15, 0.2) is 4.34 Å². The fourth-order valence-electron chi connectivity index (χ4n) is 2.77. The number of primary amides is 1. The van der Waals surface area contributed by atoms with Crippen LogP contribution in [0.2, 0.25) is 0 Å². The third kappa shape index (κ3) is 3.71. The van der Waals surface area contributed by atoms with E-state index in [9.17, 15) is 4.79 Å². The Morgan fingerprint density at radius 2 is 2.30 bits per heavy atom. The molecule has 1 aromatic heterocycles. The van der Waals surface area contributed by atoms with E-state index in [4.69, 9.17) is 5.73 Å². The number of aryl methyl sites for hydroxylation is 1.